The fourth-order valence-electron chi connectivity index (χ4n) is 3.88. The molecule has 1 saturated carbocycles. The number of nitrogen functional groups attached to an aromatic ring is 1. The molecule has 2 aromatic heterocycles. The number of hydrogen-bond acceptors (Lipinski definition) is 4. The summed E-state index contributed by atoms with van der Waals surface area (Å²) >= 11 is 0. The number of nitrogens with zero attached hydrogens (tertiary/aromatic N) is 2. The Bertz CT molecular complexity index is 1000. The van der Waals surface area contributed by atoms with E-state index in [1.54, 1.807) is 48.8 Å². The monoisotopic (exact) mass is 355 g/mol. The molecule has 5 nitrogen and oxygen atoms in total. The van der Waals surface area contributed by atoms with E-state index in [0.717, 1.165) is 31.2 Å². The highest BCUT2D eigenvalue weighted by Gasteiger charge is 2.30. The first-order valence-electron chi connectivity index (χ1n) is 8.64. The fourth-order valence-corrected chi connectivity index (χ4v) is 5.47. The zero-order valence-corrected chi connectivity index (χ0v) is 14.7. The van der Waals surface area contributed by atoms with Crippen molar-refractivity contribution in [1.82, 2.24) is 9.55 Å². The van der Waals surface area contributed by atoms with Gasteiger partial charge in [0.15, 0.2) is 0 Å². The summed E-state index contributed by atoms with van der Waals surface area (Å²) in [5, 5.41) is 0.655. The molecule has 3 aromatic rings. The SMILES string of the molecule is Nc1c(S(=O)(=O)c2ccccc2)c2ccncc2n1C1CCCCC1. The van der Waals surface area contributed by atoms with E-state index in [2.05, 4.69) is 4.98 Å². The third kappa shape index (κ3) is 2.61. The van der Waals surface area contributed by atoms with Crippen LogP contribution in [-0.4, -0.2) is 18.0 Å². The van der Waals surface area contributed by atoms with Crippen molar-refractivity contribution in [2.75, 3.05) is 5.73 Å². The van der Waals surface area contributed by atoms with Crippen LogP contribution < -0.4 is 5.73 Å². The molecule has 0 saturated heterocycles. The molecule has 0 unspecified atom stereocenters. The summed E-state index contributed by atoms with van der Waals surface area (Å²) in [6, 6.07) is 10.5. The molecule has 1 aromatic carbocycles. The minimum atomic E-state index is -3.69. The average molecular weight is 355 g/mol. The molecule has 0 bridgehead atoms. The molecule has 2 N–H and O–H groups in total. The maximum absolute atomic E-state index is 13.3. The molecule has 2 heterocycles. The van der Waals surface area contributed by atoms with Gasteiger partial charge >= 0.3 is 0 Å². The predicted molar refractivity (Wildman–Crippen MR) is 98.2 cm³/mol. The van der Waals surface area contributed by atoms with Crippen molar-refractivity contribution in [3.63, 3.8) is 0 Å². The highest BCUT2D eigenvalue weighted by atomic mass is 32.2. The van der Waals surface area contributed by atoms with Gasteiger partial charge in [-0.15, -0.1) is 0 Å². The number of rotatable bonds is 3. The number of aromatic nitrogens is 2. The van der Waals surface area contributed by atoms with Gasteiger partial charge in [0.25, 0.3) is 0 Å². The number of fused-ring (bicyclic) bond motifs is 1. The van der Waals surface area contributed by atoms with Gasteiger partial charge < -0.3 is 10.3 Å². The Balaban J connectivity index is 1.98. The van der Waals surface area contributed by atoms with E-state index >= 15 is 0 Å². The van der Waals surface area contributed by atoms with E-state index in [1.807, 2.05) is 4.57 Å². The number of nitrogens with two attached hydrogens (primary N) is 1. The lowest BCUT2D eigenvalue weighted by molar-refractivity contribution is 0.363. The quantitative estimate of drug-likeness (QED) is 0.771. The van der Waals surface area contributed by atoms with Crippen LogP contribution in [0.2, 0.25) is 0 Å². The Morgan fingerprint density at radius 1 is 1.04 bits per heavy atom. The molecule has 0 radical (unpaired) electrons. The first kappa shape index (κ1) is 16.1. The van der Waals surface area contributed by atoms with Gasteiger partial charge in [0.2, 0.25) is 9.84 Å². The summed E-state index contributed by atoms with van der Waals surface area (Å²) in [6.45, 7) is 0. The van der Waals surface area contributed by atoms with Crippen LogP contribution in [0.3, 0.4) is 0 Å². The van der Waals surface area contributed by atoms with Crippen molar-refractivity contribution < 1.29 is 8.42 Å². The number of anilines is 1. The van der Waals surface area contributed by atoms with E-state index in [-0.39, 0.29) is 15.8 Å². The van der Waals surface area contributed by atoms with Gasteiger partial charge in [-0.05, 0) is 31.0 Å². The smallest absolute Gasteiger partial charge is 0.210 e. The minimum Gasteiger partial charge on any atom is -0.384 e. The molecule has 0 aliphatic heterocycles. The molecule has 6 heteroatoms. The maximum Gasteiger partial charge on any atom is 0.210 e. The van der Waals surface area contributed by atoms with E-state index in [4.69, 9.17) is 5.73 Å². The predicted octanol–water partition coefficient (Wildman–Crippen LogP) is 3.96. The number of sulfone groups is 1. The van der Waals surface area contributed by atoms with Gasteiger partial charge in [-0.2, -0.15) is 0 Å². The normalized spacial score (nSPS) is 16.3. The molecule has 0 amide bonds. The zero-order chi connectivity index (χ0) is 17.4. The van der Waals surface area contributed by atoms with Crippen LogP contribution in [-0.2, 0) is 9.84 Å². The standard InChI is InChI=1S/C19H21N3O2S/c20-19-18(25(23,24)15-9-5-2-6-10-15)16-11-12-21-13-17(16)22(19)14-7-3-1-4-8-14/h2,5-6,9-14H,1,3-4,7-8,20H2. The van der Waals surface area contributed by atoms with E-state index in [9.17, 15) is 8.42 Å². The summed E-state index contributed by atoms with van der Waals surface area (Å²) < 4.78 is 28.5. The Hall–Kier alpha value is -2.34. The average Bonchev–Trinajstić information content (AvgIpc) is 2.95. The molecule has 0 atom stereocenters. The fraction of sp³-hybridized carbons (Fsp3) is 0.316. The molecule has 0 spiro atoms. The Morgan fingerprint density at radius 2 is 1.76 bits per heavy atom. The molecular weight excluding hydrogens is 334 g/mol. The number of hydrogen-bond donors (Lipinski definition) is 1. The number of pyridine rings is 1. The second kappa shape index (κ2) is 6.19. The Labute approximate surface area is 147 Å². The molecule has 25 heavy (non-hydrogen) atoms. The third-order valence-electron chi connectivity index (χ3n) is 5.06. The van der Waals surface area contributed by atoms with Crippen molar-refractivity contribution in [3.05, 3.63) is 48.8 Å². The topological polar surface area (TPSA) is 78.0 Å². The highest BCUT2D eigenvalue weighted by Crippen LogP contribution is 2.40. The van der Waals surface area contributed by atoms with E-state index < -0.39 is 9.84 Å². The van der Waals surface area contributed by atoms with Crippen LogP contribution in [0.25, 0.3) is 10.9 Å². The third-order valence-corrected chi connectivity index (χ3v) is 6.92. The minimum absolute atomic E-state index is 0.210. The first-order chi connectivity index (χ1) is 12.1. The molecular formula is C19H21N3O2S. The summed E-state index contributed by atoms with van der Waals surface area (Å²) in [5.41, 5.74) is 7.23. The second-order valence-electron chi connectivity index (χ2n) is 6.59. The largest absolute Gasteiger partial charge is 0.384 e. The van der Waals surface area contributed by atoms with Crippen LogP contribution in [0.4, 0.5) is 5.82 Å². The summed E-state index contributed by atoms with van der Waals surface area (Å²) in [6.07, 6.45) is 8.90. The molecule has 130 valence electrons. The Morgan fingerprint density at radius 3 is 2.48 bits per heavy atom. The highest BCUT2D eigenvalue weighted by molar-refractivity contribution is 7.92. The zero-order valence-electron chi connectivity index (χ0n) is 13.9. The van der Waals surface area contributed by atoms with Crippen LogP contribution in [0.1, 0.15) is 38.1 Å². The van der Waals surface area contributed by atoms with Gasteiger partial charge in [-0.3, -0.25) is 4.98 Å². The van der Waals surface area contributed by atoms with Crippen molar-refractivity contribution >= 4 is 26.6 Å². The van der Waals surface area contributed by atoms with Crippen molar-refractivity contribution in [3.8, 4) is 0 Å². The van der Waals surface area contributed by atoms with Gasteiger partial charge in [0.1, 0.15) is 10.7 Å². The molecule has 1 aliphatic rings. The summed E-state index contributed by atoms with van der Waals surface area (Å²) in [5.74, 6) is 0.332. The van der Waals surface area contributed by atoms with Crippen LogP contribution >= 0.6 is 0 Å². The van der Waals surface area contributed by atoms with Gasteiger partial charge in [0.05, 0.1) is 16.6 Å². The van der Waals surface area contributed by atoms with Crippen LogP contribution in [0, 0.1) is 0 Å². The second-order valence-corrected chi connectivity index (χ2v) is 8.47. The lowest BCUT2D eigenvalue weighted by Crippen LogP contribution is -2.15. The lowest BCUT2D eigenvalue weighted by Gasteiger charge is -2.25. The lowest BCUT2D eigenvalue weighted by atomic mass is 9.95. The summed E-state index contributed by atoms with van der Waals surface area (Å²) in [7, 11) is -3.69. The van der Waals surface area contributed by atoms with Crippen LogP contribution in [0.5, 0.6) is 0 Å². The van der Waals surface area contributed by atoms with E-state index in [1.165, 1.54) is 6.42 Å². The van der Waals surface area contributed by atoms with Gasteiger partial charge in [0, 0.05) is 17.6 Å². The molecule has 4 rings (SSSR count). The van der Waals surface area contributed by atoms with Crippen LogP contribution in [0.15, 0.2) is 58.6 Å². The van der Waals surface area contributed by atoms with Gasteiger partial charge in [-0.1, -0.05) is 37.5 Å². The summed E-state index contributed by atoms with van der Waals surface area (Å²) in [4.78, 5) is 4.68. The van der Waals surface area contributed by atoms with Crippen molar-refractivity contribution in [2.45, 2.75) is 47.9 Å². The Kier molecular flexibility index (Phi) is 4.00. The molecule has 1 fully saturated rings. The van der Waals surface area contributed by atoms with Crippen molar-refractivity contribution in [1.29, 1.82) is 0 Å². The molecule has 1 aliphatic carbocycles. The maximum atomic E-state index is 13.3. The van der Waals surface area contributed by atoms with Crippen molar-refractivity contribution in [2.24, 2.45) is 0 Å². The number of benzene rings is 1. The van der Waals surface area contributed by atoms with Gasteiger partial charge in [-0.25, -0.2) is 8.42 Å². The van der Waals surface area contributed by atoms with E-state index in [0.29, 0.717) is 11.2 Å². The first-order valence-corrected chi connectivity index (χ1v) is 10.1.